The van der Waals surface area contributed by atoms with Gasteiger partial charge in [-0.25, -0.2) is 0 Å². The van der Waals surface area contributed by atoms with Gasteiger partial charge in [0.05, 0.1) is 12.8 Å². The Kier molecular flexibility index (Phi) is 4.49. The van der Waals surface area contributed by atoms with Gasteiger partial charge in [0, 0.05) is 17.8 Å². The van der Waals surface area contributed by atoms with Crippen LogP contribution >= 0.6 is 0 Å². The van der Waals surface area contributed by atoms with E-state index in [-0.39, 0.29) is 12.5 Å². The minimum atomic E-state index is -0.277. The molecule has 16 heavy (non-hydrogen) atoms. The summed E-state index contributed by atoms with van der Waals surface area (Å²) < 4.78 is 6.31. The average molecular weight is 225 g/mol. The second-order valence-electron chi connectivity index (χ2n) is 3.66. The summed E-state index contributed by atoms with van der Waals surface area (Å²) in [5.41, 5.74) is 3.14. The molecular formula is C11H19N3O2. The van der Waals surface area contributed by atoms with Gasteiger partial charge in [0.1, 0.15) is 6.54 Å². The van der Waals surface area contributed by atoms with Crippen molar-refractivity contribution in [3.05, 3.63) is 17.0 Å². The van der Waals surface area contributed by atoms with E-state index < -0.39 is 0 Å². The van der Waals surface area contributed by atoms with Crippen LogP contribution in [0.4, 0.5) is 0 Å². The number of aryl methyl sites for hydroxylation is 1. The van der Waals surface area contributed by atoms with Gasteiger partial charge in [0.15, 0.2) is 0 Å². The number of methoxy groups -OCH3 is 1. The molecule has 1 rings (SSSR count). The molecule has 0 unspecified atom stereocenters. The molecule has 1 aromatic heterocycles. The van der Waals surface area contributed by atoms with Crippen molar-refractivity contribution in [3.8, 4) is 0 Å². The molecule has 0 spiro atoms. The zero-order chi connectivity index (χ0) is 12.1. The number of esters is 1. The zero-order valence-electron chi connectivity index (χ0n) is 10.3. The number of hydrogen-bond donors (Lipinski definition) is 1. The summed E-state index contributed by atoms with van der Waals surface area (Å²) in [6.07, 6.45) is 0. The number of carbonyl (C=O) groups is 1. The minimum Gasteiger partial charge on any atom is -0.468 e. The molecule has 1 aromatic rings. The van der Waals surface area contributed by atoms with E-state index in [0.29, 0.717) is 0 Å². The fourth-order valence-electron chi connectivity index (χ4n) is 1.58. The van der Waals surface area contributed by atoms with Gasteiger partial charge in [-0.05, 0) is 20.4 Å². The topological polar surface area (TPSA) is 56.2 Å². The van der Waals surface area contributed by atoms with Crippen LogP contribution in [0.15, 0.2) is 0 Å². The average Bonchev–Trinajstić information content (AvgIpc) is 2.52. The molecule has 1 heterocycles. The number of aromatic nitrogens is 2. The molecular weight excluding hydrogens is 206 g/mol. The fraction of sp³-hybridized carbons (Fsp3) is 0.636. The van der Waals surface area contributed by atoms with Crippen LogP contribution < -0.4 is 5.32 Å². The van der Waals surface area contributed by atoms with Crippen molar-refractivity contribution >= 4 is 5.97 Å². The molecule has 90 valence electrons. The normalized spacial score (nSPS) is 10.5. The highest BCUT2D eigenvalue weighted by molar-refractivity contribution is 5.69. The molecule has 0 atom stereocenters. The summed E-state index contributed by atoms with van der Waals surface area (Å²) in [5, 5.41) is 7.58. The number of ether oxygens (including phenoxy) is 1. The fourth-order valence-corrected chi connectivity index (χ4v) is 1.58. The molecule has 5 heteroatoms. The number of nitrogens with zero attached hydrogens (tertiary/aromatic N) is 2. The lowest BCUT2D eigenvalue weighted by Gasteiger charge is -2.04. The minimum absolute atomic E-state index is 0.176. The van der Waals surface area contributed by atoms with Crippen molar-refractivity contribution < 1.29 is 9.53 Å². The summed E-state index contributed by atoms with van der Waals surface area (Å²) in [7, 11) is 1.38. The lowest BCUT2D eigenvalue weighted by Crippen LogP contribution is -2.15. The van der Waals surface area contributed by atoms with Gasteiger partial charge in [-0.3, -0.25) is 9.48 Å². The third-order valence-electron chi connectivity index (χ3n) is 2.59. The Morgan fingerprint density at radius 3 is 2.75 bits per heavy atom. The number of nitrogens with one attached hydrogen (secondary N) is 1. The molecule has 0 saturated carbocycles. The van der Waals surface area contributed by atoms with Gasteiger partial charge in [-0.15, -0.1) is 0 Å². The van der Waals surface area contributed by atoms with Crippen molar-refractivity contribution in [2.24, 2.45) is 0 Å². The van der Waals surface area contributed by atoms with E-state index in [1.807, 2.05) is 13.8 Å². The second-order valence-corrected chi connectivity index (χ2v) is 3.66. The monoisotopic (exact) mass is 225 g/mol. The first-order chi connectivity index (χ1) is 7.60. The van der Waals surface area contributed by atoms with E-state index >= 15 is 0 Å². The van der Waals surface area contributed by atoms with Crippen LogP contribution in [0.2, 0.25) is 0 Å². The van der Waals surface area contributed by atoms with Gasteiger partial charge < -0.3 is 10.1 Å². The first kappa shape index (κ1) is 12.7. The van der Waals surface area contributed by atoms with Crippen molar-refractivity contribution in [1.29, 1.82) is 0 Å². The molecule has 0 radical (unpaired) electrons. The third-order valence-corrected chi connectivity index (χ3v) is 2.59. The first-order valence-corrected chi connectivity index (χ1v) is 5.40. The highest BCUT2D eigenvalue weighted by Gasteiger charge is 2.13. The van der Waals surface area contributed by atoms with Gasteiger partial charge >= 0.3 is 5.97 Å². The van der Waals surface area contributed by atoms with Crippen LogP contribution in [0.5, 0.6) is 0 Å². The quantitative estimate of drug-likeness (QED) is 0.752. The molecule has 0 saturated heterocycles. The van der Waals surface area contributed by atoms with Crippen LogP contribution in [-0.2, 0) is 22.6 Å². The number of carbonyl (C=O) groups excluding carboxylic acids is 1. The molecule has 0 aliphatic heterocycles. The standard InChI is InChI=1S/C11H19N3O2/c1-5-12-6-10-8(2)13-14(9(10)3)7-11(15)16-4/h12H,5-7H2,1-4H3. The van der Waals surface area contributed by atoms with Gasteiger partial charge in [-0.2, -0.15) is 5.10 Å². The second kappa shape index (κ2) is 5.65. The van der Waals surface area contributed by atoms with E-state index in [1.165, 1.54) is 7.11 Å². The summed E-state index contributed by atoms with van der Waals surface area (Å²) >= 11 is 0. The van der Waals surface area contributed by atoms with Crippen LogP contribution in [-0.4, -0.2) is 29.4 Å². The number of rotatable bonds is 5. The van der Waals surface area contributed by atoms with Crippen LogP contribution in [0.1, 0.15) is 23.9 Å². The van der Waals surface area contributed by atoms with Crippen LogP contribution in [0.25, 0.3) is 0 Å². The predicted molar refractivity (Wildman–Crippen MR) is 61.1 cm³/mol. The highest BCUT2D eigenvalue weighted by atomic mass is 16.5. The Balaban J connectivity index is 2.83. The van der Waals surface area contributed by atoms with Crippen molar-refractivity contribution in [2.45, 2.75) is 33.9 Å². The molecule has 0 aromatic carbocycles. The van der Waals surface area contributed by atoms with Crippen molar-refractivity contribution in [1.82, 2.24) is 15.1 Å². The van der Waals surface area contributed by atoms with Crippen LogP contribution in [0.3, 0.4) is 0 Å². The molecule has 1 N–H and O–H groups in total. The first-order valence-electron chi connectivity index (χ1n) is 5.40. The molecule has 0 aliphatic rings. The Labute approximate surface area is 95.8 Å². The maximum Gasteiger partial charge on any atom is 0.327 e. The SMILES string of the molecule is CCNCc1c(C)nn(CC(=O)OC)c1C. The summed E-state index contributed by atoms with van der Waals surface area (Å²) in [6, 6.07) is 0. The van der Waals surface area contributed by atoms with Gasteiger partial charge in [0.2, 0.25) is 0 Å². The third kappa shape index (κ3) is 2.82. The smallest absolute Gasteiger partial charge is 0.327 e. The molecule has 0 amide bonds. The summed E-state index contributed by atoms with van der Waals surface area (Å²) in [6.45, 7) is 7.86. The predicted octanol–water partition coefficient (Wildman–Crippen LogP) is 0.782. The van der Waals surface area contributed by atoms with E-state index in [2.05, 4.69) is 22.1 Å². The largest absolute Gasteiger partial charge is 0.468 e. The summed E-state index contributed by atoms with van der Waals surface area (Å²) in [4.78, 5) is 11.2. The number of hydrogen-bond acceptors (Lipinski definition) is 4. The Morgan fingerprint density at radius 1 is 1.50 bits per heavy atom. The van der Waals surface area contributed by atoms with Gasteiger partial charge in [-0.1, -0.05) is 6.92 Å². The molecule has 0 bridgehead atoms. The Bertz CT molecular complexity index is 372. The maximum atomic E-state index is 11.2. The zero-order valence-corrected chi connectivity index (χ0v) is 10.3. The van der Waals surface area contributed by atoms with Gasteiger partial charge in [0.25, 0.3) is 0 Å². The Morgan fingerprint density at radius 2 is 2.19 bits per heavy atom. The van der Waals surface area contributed by atoms with Crippen molar-refractivity contribution in [3.63, 3.8) is 0 Å². The summed E-state index contributed by atoms with van der Waals surface area (Å²) in [5.74, 6) is -0.277. The van der Waals surface area contributed by atoms with E-state index in [0.717, 1.165) is 30.0 Å². The van der Waals surface area contributed by atoms with E-state index in [1.54, 1.807) is 4.68 Å². The maximum absolute atomic E-state index is 11.2. The molecule has 0 fully saturated rings. The highest BCUT2D eigenvalue weighted by Crippen LogP contribution is 2.12. The van der Waals surface area contributed by atoms with E-state index in [9.17, 15) is 4.79 Å². The lowest BCUT2D eigenvalue weighted by molar-refractivity contribution is -0.141. The van der Waals surface area contributed by atoms with Crippen molar-refractivity contribution in [2.75, 3.05) is 13.7 Å². The lowest BCUT2D eigenvalue weighted by atomic mass is 10.2. The van der Waals surface area contributed by atoms with Crippen LogP contribution in [0, 0.1) is 13.8 Å². The molecule has 5 nitrogen and oxygen atoms in total. The van der Waals surface area contributed by atoms with E-state index in [4.69, 9.17) is 0 Å². The molecule has 0 aliphatic carbocycles. The Hall–Kier alpha value is -1.36.